The summed E-state index contributed by atoms with van der Waals surface area (Å²) < 4.78 is 35.6. The number of amides is 1. The van der Waals surface area contributed by atoms with Crippen LogP contribution in [0.2, 0.25) is 0 Å². The summed E-state index contributed by atoms with van der Waals surface area (Å²) in [4.78, 5) is 28.7. The van der Waals surface area contributed by atoms with Gasteiger partial charge in [0.15, 0.2) is 0 Å². The number of piperazine rings is 1. The number of nitrogens with one attached hydrogen (secondary N) is 2. The van der Waals surface area contributed by atoms with Crippen molar-refractivity contribution in [2.75, 3.05) is 49.5 Å². The van der Waals surface area contributed by atoms with Crippen LogP contribution >= 0.6 is 0 Å². The lowest BCUT2D eigenvalue weighted by molar-refractivity contribution is -0.144. The third-order valence-electron chi connectivity index (χ3n) is 7.22. The van der Waals surface area contributed by atoms with Gasteiger partial charge in [0.25, 0.3) is 0 Å². The highest BCUT2D eigenvalue weighted by atomic mass is 32.2. The minimum Gasteiger partial charge on any atom is -0.466 e. The normalized spacial score (nSPS) is 18.1. The SMILES string of the molecule is CCOC(=O)CCC(=O)Nc1ccc(N2CCN(CC)CC2)c(S(=O)(=O)N[C@H]2CCCc3ccccc32)c1. The largest absolute Gasteiger partial charge is 0.466 e. The lowest BCUT2D eigenvalue weighted by atomic mass is 9.88. The summed E-state index contributed by atoms with van der Waals surface area (Å²) in [6.07, 6.45) is 2.50. The number of benzene rings is 2. The van der Waals surface area contributed by atoms with Crippen molar-refractivity contribution in [3.05, 3.63) is 53.6 Å². The maximum absolute atomic E-state index is 13.9. The number of nitrogens with zero attached hydrogens (tertiary/aromatic N) is 2. The van der Waals surface area contributed by atoms with Gasteiger partial charge >= 0.3 is 5.97 Å². The van der Waals surface area contributed by atoms with E-state index in [2.05, 4.69) is 32.8 Å². The number of rotatable bonds is 10. The molecule has 38 heavy (non-hydrogen) atoms. The van der Waals surface area contributed by atoms with Crippen LogP contribution in [0.3, 0.4) is 0 Å². The molecule has 0 spiro atoms. The highest BCUT2D eigenvalue weighted by Crippen LogP contribution is 2.34. The van der Waals surface area contributed by atoms with Gasteiger partial charge in [-0.3, -0.25) is 9.59 Å². The molecular formula is C28H38N4O5S. The predicted molar refractivity (Wildman–Crippen MR) is 148 cm³/mol. The molecule has 2 aliphatic rings. The molecule has 0 radical (unpaired) electrons. The maximum atomic E-state index is 13.9. The van der Waals surface area contributed by atoms with E-state index < -0.39 is 16.0 Å². The molecule has 0 aromatic heterocycles. The van der Waals surface area contributed by atoms with Gasteiger partial charge in [0.1, 0.15) is 4.90 Å². The van der Waals surface area contributed by atoms with Gasteiger partial charge in [0, 0.05) is 44.3 Å². The zero-order chi connectivity index (χ0) is 27.1. The van der Waals surface area contributed by atoms with Gasteiger partial charge in [0.05, 0.1) is 18.7 Å². The second kappa shape index (κ2) is 12.7. The molecule has 1 heterocycles. The number of fused-ring (bicyclic) bond motifs is 1. The first-order valence-corrected chi connectivity index (χ1v) is 15.0. The van der Waals surface area contributed by atoms with E-state index in [0.29, 0.717) is 24.5 Å². The predicted octanol–water partition coefficient (Wildman–Crippen LogP) is 3.47. The third kappa shape index (κ3) is 6.92. The molecule has 0 bridgehead atoms. The van der Waals surface area contributed by atoms with E-state index in [4.69, 9.17) is 4.74 Å². The highest BCUT2D eigenvalue weighted by molar-refractivity contribution is 7.89. The Morgan fingerprint density at radius 2 is 1.79 bits per heavy atom. The van der Waals surface area contributed by atoms with Crippen molar-refractivity contribution in [3.63, 3.8) is 0 Å². The Morgan fingerprint density at radius 1 is 1.03 bits per heavy atom. The monoisotopic (exact) mass is 542 g/mol. The second-order valence-corrected chi connectivity index (χ2v) is 11.4. The smallest absolute Gasteiger partial charge is 0.306 e. The van der Waals surface area contributed by atoms with Gasteiger partial charge in [0.2, 0.25) is 15.9 Å². The Hall–Kier alpha value is -2.95. The quantitative estimate of drug-likeness (QED) is 0.443. The summed E-state index contributed by atoms with van der Waals surface area (Å²) in [7, 11) is -3.92. The summed E-state index contributed by atoms with van der Waals surface area (Å²) >= 11 is 0. The van der Waals surface area contributed by atoms with Crippen molar-refractivity contribution in [1.29, 1.82) is 0 Å². The Labute approximate surface area is 225 Å². The van der Waals surface area contributed by atoms with Crippen LogP contribution in [0.15, 0.2) is 47.4 Å². The first kappa shape index (κ1) is 28.1. The van der Waals surface area contributed by atoms with E-state index in [0.717, 1.165) is 44.5 Å². The maximum Gasteiger partial charge on any atom is 0.306 e. The molecular weight excluding hydrogens is 504 g/mol. The van der Waals surface area contributed by atoms with Crippen molar-refractivity contribution >= 4 is 33.3 Å². The molecule has 4 rings (SSSR count). The lowest BCUT2D eigenvalue weighted by Gasteiger charge is -2.36. The molecule has 0 saturated carbocycles. The number of esters is 1. The standard InChI is InChI=1S/C28H38N4O5S/c1-3-31-16-18-32(19-17-31)25-13-12-22(29-27(33)14-15-28(34)37-4-2)20-26(25)38(35,36)30-24-11-7-9-21-8-5-6-10-23(21)24/h5-6,8,10,12-13,20,24,30H,3-4,7,9,11,14-19H2,1-2H3,(H,29,33)/t24-/m0/s1. The van der Waals surface area contributed by atoms with Crippen LogP contribution < -0.4 is 14.9 Å². The fraction of sp³-hybridized carbons (Fsp3) is 0.500. The van der Waals surface area contributed by atoms with Crippen LogP contribution in [0.1, 0.15) is 56.7 Å². The molecule has 1 aliphatic heterocycles. The number of ether oxygens (including phenoxy) is 1. The van der Waals surface area contributed by atoms with Crippen molar-refractivity contribution in [2.24, 2.45) is 0 Å². The zero-order valence-electron chi connectivity index (χ0n) is 22.2. The molecule has 10 heteroatoms. The molecule has 0 unspecified atom stereocenters. The van der Waals surface area contributed by atoms with Gasteiger partial charge < -0.3 is 19.9 Å². The van der Waals surface area contributed by atoms with Crippen molar-refractivity contribution in [3.8, 4) is 0 Å². The second-order valence-electron chi connectivity index (χ2n) is 9.72. The summed E-state index contributed by atoms with van der Waals surface area (Å²) in [5.41, 5.74) is 3.19. The summed E-state index contributed by atoms with van der Waals surface area (Å²) in [5, 5.41) is 2.75. The molecule has 2 N–H and O–H groups in total. The highest BCUT2D eigenvalue weighted by Gasteiger charge is 2.30. The van der Waals surface area contributed by atoms with Gasteiger partial charge in [-0.05, 0) is 62.1 Å². The average molecular weight is 543 g/mol. The first-order valence-electron chi connectivity index (χ1n) is 13.5. The van der Waals surface area contributed by atoms with Crippen molar-refractivity contribution in [1.82, 2.24) is 9.62 Å². The molecule has 1 atom stereocenters. The third-order valence-corrected chi connectivity index (χ3v) is 8.72. The van der Waals surface area contributed by atoms with Gasteiger partial charge in [-0.25, -0.2) is 13.1 Å². The van der Waals surface area contributed by atoms with E-state index in [1.54, 1.807) is 19.1 Å². The Bertz CT molecular complexity index is 1240. The average Bonchev–Trinajstić information content (AvgIpc) is 2.92. The molecule has 1 amide bonds. The fourth-order valence-electron chi connectivity index (χ4n) is 5.17. The van der Waals surface area contributed by atoms with Crippen molar-refractivity contribution < 1.29 is 22.7 Å². The number of anilines is 2. The fourth-order valence-corrected chi connectivity index (χ4v) is 6.67. The minimum atomic E-state index is -3.92. The topological polar surface area (TPSA) is 108 Å². The van der Waals surface area contributed by atoms with Crippen LogP contribution in [0, 0.1) is 0 Å². The van der Waals surface area contributed by atoms with Crippen LogP contribution in [0.5, 0.6) is 0 Å². The molecule has 1 saturated heterocycles. The number of hydrogen-bond donors (Lipinski definition) is 2. The molecule has 206 valence electrons. The Morgan fingerprint density at radius 3 is 2.53 bits per heavy atom. The van der Waals surface area contributed by atoms with E-state index in [-0.39, 0.29) is 36.3 Å². The van der Waals surface area contributed by atoms with Gasteiger partial charge in [-0.2, -0.15) is 0 Å². The minimum absolute atomic E-state index is 0.0345. The van der Waals surface area contributed by atoms with E-state index in [9.17, 15) is 18.0 Å². The van der Waals surface area contributed by atoms with Crippen LogP contribution in [0.25, 0.3) is 0 Å². The Balaban J connectivity index is 1.59. The summed E-state index contributed by atoms with van der Waals surface area (Å²) in [6.45, 7) is 8.19. The molecule has 2 aromatic carbocycles. The lowest BCUT2D eigenvalue weighted by Crippen LogP contribution is -2.46. The number of carbonyl (C=O) groups excluding carboxylic acids is 2. The Kier molecular flexibility index (Phi) is 9.40. The van der Waals surface area contributed by atoms with Crippen LogP contribution in [0.4, 0.5) is 11.4 Å². The van der Waals surface area contributed by atoms with Gasteiger partial charge in [-0.15, -0.1) is 0 Å². The molecule has 1 aliphatic carbocycles. The number of hydrogen-bond acceptors (Lipinski definition) is 7. The number of carbonyl (C=O) groups is 2. The van der Waals surface area contributed by atoms with E-state index in [1.807, 2.05) is 18.2 Å². The van der Waals surface area contributed by atoms with Crippen molar-refractivity contribution in [2.45, 2.75) is 56.9 Å². The number of likely N-dealkylation sites (N-methyl/N-ethyl adjacent to an activating group) is 1. The van der Waals surface area contributed by atoms with E-state index in [1.165, 1.54) is 11.6 Å². The molecule has 2 aromatic rings. The van der Waals surface area contributed by atoms with Crippen LogP contribution in [-0.4, -0.2) is 64.5 Å². The first-order chi connectivity index (χ1) is 18.3. The molecule has 9 nitrogen and oxygen atoms in total. The molecule has 1 fully saturated rings. The number of aryl methyl sites for hydroxylation is 1. The van der Waals surface area contributed by atoms with Crippen LogP contribution in [-0.2, 0) is 30.8 Å². The number of sulfonamides is 1. The summed E-state index contributed by atoms with van der Waals surface area (Å²) in [5.74, 6) is -0.815. The van der Waals surface area contributed by atoms with Gasteiger partial charge in [-0.1, -0.05) is 31.2 Å². The van der Waals surface area contributed by atoms with E-state index >= 15 is 0 Å². The zero-order valence-corrected chi connectivity index (χ0v) is 23.1. The summed E-state index contributed by atoms with van der Waals surface area (Å²) in [6, 6.07) is 12.7.